The monoisotopic (exact) mass is 347 g/mol. The summed E-state index contributed by atoms with van der Waals surface area (Å²) in [6.45, 7) is 8.80. The molecule has 2 fully saturated rings. The molecule has 2 saturated heterocycles. The van der Waals surface area contributed by atoms with E-state index in [-0.39, 0.29) is 5.91 Å². The van der Waals surface area contributed by atoms with Crippen molar-refractivity contribution in [2.24, 2.45) is 12.0 Å². The van der Waals surface area contributed by atoms with E-state index in [0.29, 0.717) is 13.1 Å². The van der Waals surface area contributed by atoms with Gasteiger partial charge >= 0.3 is 0 Å². The quantitative estimate of drug-likeness (QED) is 0.606. The molecule has 1 amide bonds. The van der Waals surface area contributed by atoms with Gasteiger partial charge in [0.15, 0.2) is 5.96 Å². The summed E-state index contributed by atoms with van der Waals surface area (Å²) in [5.74, 6) is 0.935. The van der Waals surface area contributed by atoms with Crippen molar-refractivity contribution >= 4 is 17.6 Å². The lowest BCUT2D eigenvalue weighted by Gasteiger charge is -2.35. The molecule has 8 heteroatoms. The van der Waals surface area contributed by atoms with Crippen molar-refractivity contribution in [1.29, 1.82) is 0 Å². The van der Waals surface area contributed by atoms with E-state index in [1.54, 1.807) is 15.8 Å². The van der Waals surface area contributed by atoms with Crippen molar-refractivity contribution in [3.8, 4) is 0 Å². The summed E-state index contributed by atoms with van der Waals surface area (Å²) in [6, 6.07) is 0. The molecule has 2 aliphatic rings. The average molecular weight is 347 g/mol. The van der Waals surface area contributed by atoms with Crippen LogP contribution in [0, 0.1) is 0 Å². The molecular weight excluding hydrogens is 318 g/mol. The topological polar surface area (TPSA) is 69.0 Å². The number of hydrogen-bond donors (Lipinski definition) is 1. The molecule has 0 atom stereocenters. The first-order valence-corrected chi connectivity index (χ1v) is 9.22. The molecule has 138 valence electrons. The highest BCUT2D eigenvalue weighted by molar-refractivity contribution is 5.98. The maximum atomic E-state index is 12.6. The number of aryl methyl sites for hydroxylation is 1. The number of nitrogens with zero attached hydrogens (tertiary/aromatic N) is 6. The fourth-order valence-corrected chi connectivity index (χ4v) is 3.40. The van der Waals surface area contributed by atoms with E-state index < -0.39 is 0 Å². The predicted octanol–water partition coefficient (Wildman–Crippen LogP) is 0.130. The molecule has 2 aliphatic heterocycles. The Morgan fingerprint density at radius 3 is 2.72 bits per heavy atom. The first kappa shape index (κ1) is 17.7. The molecular formula is C17H29N7O. The molecule has 0 aliphatic carbocycles. The van der Waals surface area contributed by atoms with Gasteiger partial charge in [-0.15, -0.1) is 0 Å². The number of aliphatic imine (C=N–C) groups is 1. The number of carbonyl (C=O) groups excluding carboxylic acids is 1. The van der Waals surface area contributed by atoms with Gasteiger partial charge in [0, 0.05) is 39.4 Å². The molecule has 1 N–H and O–H groups in total. The number of likely N-dealkylation sites (tertiary alicyclic amines) is 1. The summed E-state index contributed by atoms with van der Waals surface area (Å²) >= 11 is 0. The molecule has 0 bridgehead atoms. The summed E-state index contributed by atoms with van der Waals surface area (Å²) in [7, 11) is 1.86. The third kappa shape index (κ3) is 4.50. The number of aromatic nitrogens is 2. The minimum atomic E-state index is 0.0874. The molecule has 0 aromatic carbocycles. The molecule has 0 saturated carbocycles. The van der Waals surface area contributed by atoms with Crippen LogP contribution in [-0.2, 0) is 11.8 Å². The van der Waals surface area contributed by atoms with Crippen molar-refractivity contribution in [2.75, 3.05) is 57.3 Å². The van der Waals surface area contributed by atoms with Crippen molar-refractivity contribution in [3.63, 3.8) is 0 Å². The predicted molar refractivity (Wildman–Crippen MR) is 98.8 cm³/mol. The number of guanidine groups is 1. The summed E-state index contributed by atoms with van der Waals surface area (Å²) in [4.78, 5) is 23.6. The summed E-state index contributed by atoms with van der Waals surface area (Å²) < 4.78 is 1.72. The van der Waals surface area contributed by atoms with E-state index in [4.69, 9.17) is 4.99 Å². The van der Waals surface area contributed by atoms with Gasteiger partial charge in [0.1, 0.15) is 6.54 Å². The van der Waals surface area contributed by atoms with Gasteiger partial charge in [-0.2, -0.15) is 5.10 Å². The second kappa shape index (κ2) is 8.33. The minimum absolute atomic E-state index is 0.0874. The minimum Gasteiger partial charge on any atom is -0.357 e. The van der Waals surface area contributed by atoms with Crippen LogP contribution in [0.3, 0.4) is 0 Å². The van der Waals surface area contributed by atoms with E-state index in [9.17, 15) is 4.79 Å². The molecule has 1 aromatic rings. The Balaban J connectivity index is 1.57. The number of carbonyl (C=O) groups is 1. The summed E-state index contributed by atoms with van der Waals surface area (Å²) in [6.07, 6.45) is 6.22. The van der Waals surface area contributed by atoms with Gasteiger partial charge in [0.2, 0.25) is 5.91 Å². The number of piperazine rings is 1. The maximum absolute atomic E-state index is 12.6. The molecule has 8 nitrogen and oxygen atoms in total. The second-order valence-corrected chi connectivity index (χ2v) is 6.62. The van der Waals surface area contributed by atoms with Gasteiger partial charge in [-0.1, -0.05) is 0 Å². The van der Waals surface area contributed by atoms with Gasteiger partial charge in [-0.05, 0) is 32.9 Å². The van der Waals surface area contributed by atoms with Crippen LogP contribution in [0.4, 0.5) is 5.69 Å². The van der Waals surface area contributed by atoms with Gasteiger partial charge in [-0.25, -0.2) is 0 Å². The van der Waals surface area contributed by atoms with E-state index in [2.05, 4.69) is 27.1 Å². The van der Waals surface area contributed by atoms with Crippen molar-refractivity contribution in [3.05, 3.63) is 12.4 Å². The number of amides is 1. The number of anilines is 1. The van der Waals surface area contributed by atoms with Crippen molar-refractivity contribution < 1.29 is 4.79 Å². The number of rotatable bonds is 5. The molecule has 25 heavy (non-hydrogen) atoms. The van der Waals surface area contributed by atoms with Crippen LogP contribution in [0.25, 0.3) is 0 Å². The smallest absolute Gasteiger partial charge is 0.246 e. The lowest BCUT2D eigenvalue weighted by atomic mass is 10.3. The molecule has 1 aromatic heterocycles. The first-order valence-electron chi connectivity index (χ1n) is 9.22. The standard InChI is InChI=1S/C17H29N7O/c1-3-18-17(19-6-9-22-7-4-5-8-22)23-10-11-24(16(25)14-23)15-12-20-21(2)13-15/h12-13H,3-11,14H2,1-2H3,(H,18,19). The second-order valence-electron chi connectivity index (χ2n) is 6.62. The molecule has 0 unspecified atom stereocenters. The fraction of sp³-hybridized carbons (Fsp3) is 0.706. The third-order valence-electron chi connectivity index (χ3n) is 4.73. The fourth-order valence-electron chi connectivity index (χ4n) is 3.40. The summed E-state index contributed by atoms with van der Waals surface area (Å²) in [5, 5.41) is 7.48. The third-order valence-corrected chi connectivity index (χ3v) is 4.73. The van der Waals surface area contributed by atoms with Crippen LogP contribution in [0.1, 0.15) is 19.8 Å². The Morgan fingerprint density at radius 2 is 2.08 bits per heavy atom. The van der Waals surface area contributed by atoms with Crippen LogP contribution in [0.2, 0.25) is 0 Å². The zero-order valence-electron chi connectivity index (χ0n) is 15.3. The largest absolute Gasteiger partial charge is 0.357 e. The number of nitrogens with one attached hydrogen (secondary N) is 1. The van der Waals surface area contributed by atoms with Crippen LogP contribution < -0.4 is 10.2 Å². The van der Waals surface area contributed by atoms with Crippen LogP contribution in [0.5, 0.6) is 0 Å². The van der Waals surface area contributed by atoms with E-state index in [1.165, 1.54) is 25.9 Å². The lowest BCUT2D eigenvalue weighted by molar-refractivity contribution is -0.120. The first-order chi connectivity index (χ1) is 12.2. The SMILES string of the molecule is CCNC(=NCCN1CCCC1)N1CCN(c2cnn(C)c2)C(=O)C1. The van der Waals surface area contributed by atoms with E-state index in [1.807, 2.05) is 13.2 Å². The van der Waals surface area contributed by atoms with Gasteiger partial charge in [0.05, 0.1) is 18.4 Å². The summed E-state index contributed by atoms with van der Waals surface area (Å²) in [5.41, 5.74) is 0.864. The normalized spacial score (nSPS) is 19.8. The van der Waals surface area contributed by atoms with Crippen molar-refractivity contribution in [1.82, 2.24) is 24.9 Å². The highest BCUT2D eigenvalue weighted by Crippen LogP contribution is 2.16. The maximum Gasteiger partial charge on any atom is 0.246 e. The van der Waals surface area contributed by atoms with E-state index >= 15 is 0 Å². The highest BCUT2D eigenvalue weighted by Gasteiger charge is 2.27. The van der Waals surface area contributed by atoms with Crippen LogP contribution >= 0.6 is 0 Å². The highest BCUT2D eigenvalue weighted by atomic mass is 16.2. The van der Waals surface area contributed by atoms with E-state index in [0.717, 1.165) is 37.8 Å². The van der Waals surface area contributed by atoms with Gasteiger partial charge in [0.25, 0.3) is 0 Å². The Bertz CT molecular complexity index is 606. The van der Waals surface area contributed by atoms with Gasteiger partial charge in [-0.3, -0.25) is 14.5 Å². The lowest BCUT2D eigenvalue weighted by Crippen LogP contribution is -2.55. The zero-order valence-corrected chi connectivity index (χ0v) is 15.3. The zero-order chi connectivity index (χ0) is 17.6. The van der Waals surface area contributed by atoms with Crippen LogP contribution in [0.15, 0.2) is 17.4 Å². The van der Waals surface area contributed by atoms with Gasteiger partial charge < -0.3 is 20.0 Å². The molecule has 3 heterocycles. The Kier molecular flexibility index (Phi) is 5.91. The van der Waals surface area contributed by atoms with Crippen LogP contribution in [-0.4, -0.2) is 83.8 Å². The Morgan fingerprint density at radius 1 is 1.28 bits per heavy atom. The average Bonchev–Trinajstić information content (AvgIpc) is 3.26. The Hall–Kier alpha value is -2.09. The molecule has 3 rings (SSSR count). The Labute approximate surface area is 149 Å². The van der Waals surface area contributed by atoms with Crippen molar-refractivity contribution in [2.45, 2.75) is 19.8 Å². The number of hydrogen-bond acceptors (Lipinski definition) is 4. The molecule has 0 spiro atoms. The molecule has 0 radical (unpaired) electrons.